The van der Waals surface area contributed by atoms with Gasteiger partial charge in [0.05, 0.1) is 17.7 Å². The molecule has 0 saturated heterocycles. The van der Waals surface area contributed by atoms with Crippen molar-refractivity contribution in [2.24, 2.45) is 0 Å². The summed E-state index contributed by atoms with van der Waals surface area (Å²) < 4.78 is 5.28. The Morgan fingerprint density at radius 1 is 1.16 bits per heavy atom. The van der Waals surface area contributed by atoms with Gasteiger partial charge in [0.15, 0.2) is 0 Å². The van der Waals surface area contributed by atoms with Crippen LogP contribution in [0.3, 0.4) is 0 Å². The van der Waals surface area contributed by atoms with Gasteiger partial charge >= 0.3 is 0 Å². The number of nitro groups is 1. The number of H-pyrrole nitrogens is 1. The zero-order chi connectivity index (χ0) is 21.8. The van der Waals surface area contributed by atoms with Gasteiger partial charge in [-0.2, -0.15) is 0 Å². The number of nitro benzene ring substituents is 1. The maximum Gasteiger partial charge on any atom is 0.269 e. The Hall–Kier alpha value is -3.87. The van der Waals surface area contributed by atoms with Crippen LogP contribution in [0.2, 0.25) is 0 Å². The molecule has 0 bridgehead atoms. The van der Waals surface area contributed by atoms with Gasteiger partial charge in [-0.1, -0.05) is 37.3 Å². The maximum atomic E-state index is 12.8. The number of hydrogen-bond donors (Lipinski definition) is 2. The molecular formula is C24H23N3O4. The summed E-state index contributed by atoms with van der Waals surface area (Å²) in [6, 6.07) is 16.1. The number of aromatic nitrogens is 1. The third kappa shape index (κ3) is 4.35. The molecule has 1 atom stereocenters. The van der Waals surface area contributed by atoms with Crippen molar-refractivity contribution < 1.29 is 14.1 Å². The smallest absolute Gasteiger partial charge is 0.269 e. The summed E-state index contributed by atoms with van der Waals surface area (Å²) in [5.74, 6) is 0.305. The number of aryl methyl sites for hydroxylation is 1. The van der Waals surface area contributed by atoms with Gasteiger partial charge in [-0.05, 0) is 35.2 Å². The number of carbonyl (C=O) groups is 1. The molecule has 2 heterocycles. The van der Waals surface area contributed by atoms with Crippen LogP contribution in [-0.4, -0.2) is 15.8 Å². The SMILES string of the molecule is CCc1cccc2c([C@H](CC(=O)NCc3ccco3)c3ccc([N+](=O)[O-])cc3)c[nH]c12. The van der Waals surface area contributed by atoms with Gasteiger partial charge in [0.2, 0.25) is 5.91 Å². The van der Waals surface area contributed by atoms with E-state index in [-0.39, 0.29) is 23.9 Å². The molecule has 31 heavy (non-hydrogen) atoms. The van der Waals surface area contributed by atoms with Crippen molar-refractivity contribution in [3.8, 4) is 0 Å². The standard InChI is InChI=1S/C24H23N3O4/c1-2-16-5-3-7-20-22(15-26-24(16)20)21(17-8-10-18(11-9-17)27(29)30)13-23(28)25-14-19-6-4-12-31-19/h3-12,15,21,26H,2,13-14H2,1H3,(H,25,28)/t21-/m1/s1. The van der Waals surface area contributed by atoms with E-state index in [2.05, 4.69) is 23.3 Å². The summed E-state index contributed by atoms with van der Waals surface area (Å²) in [6.45, 7) is 2.41. The second kappa shape index (κ2) is 8.87. The lowest BCUT2D eigenvalue weighted by Gasteiger charge is -2.17. The second-order valence-electron chi connectivity index (χ2n) is 7.40. The van der Waals surface area contributed by atoms with Crippen LogP contribution in [0.5, 0.6) is 0 Å². The number of carbonyl (C=O) groups excluding carboxylic acids is 1. The minimum Gasteiger partial charge on any atom is -0.467 e. The number of furan rings is 1. The van der Waals surface area contributed by atoms with Crippen molar-refractivity contribution in [2.45, 2.75) is 32.2 Å². The maximum absolute atomic E-state index is 12.8. The molecule has 0 spiro atoms. The average molecular weight is 417 g/mol. The first-order chi connectivity index (χ1) is 15.1. The fraction of sp³-hybridized carbons (Fsp3) is 0.208. The number of fused-ring (bicyclic) bond motifs is 1. The van der Waals surface area contributed by atoms with E-state index >= 15 is 0 Å². The number of aromatic amines is 1. The summed E-state index contributed by atoms with van der Waals surface area (Å²) in [4.78, 5) is 26.8. The Kier molecular flexibility index (Phi) is 5.84. The average Bonchev–Trinajstić information content (AvgIpc) is 3.46. The molecule has 1 amide bonds. The molecule has 0 aliphatic carbocycles. The normalized spacial score (nSPS) is 12.0. The Morgan fingerprint density at radius 2 is 1.97 bits per heavy atom. The lowest BCUT2D eigenvalue weighted by molar-refractivity contribution is -0.384. The fourth-order valence-corrected chi connectivity index (χ4v) is 3.91. The van der Waals surface area contributed by atoms with Crippen LogP contribution in [-0.2, 0) is 17.8 Å². The second-order valence-corrected chi connectivity index (χ2v) is 7.40. The summed E-state index contributed by atoms with van der Waals surface area (Å²) in [6.07, 6.45) is 4.61. The first kappa shape index (κ1) is 20.4. The summed E-state index contributed by atoms with van der Waals surface area (Å²) in [5, 5.41) is 15.0. The topological polar surface area (TPSA) is 101 Å². The van der Waals surface area contributed by atoms with Crippen LogP contribution in [0.15, 0.2) is 71.5 Å². The first-order valence-corrected chi connectivity index (χ1v) is 10.2. The Balaban J connectivity index is 1.67. The highest BCUT2D eigenvalue weighted by Crippen LogP contribution is 2.35. The number of rotatable bonds is 8. The van der Waals surface area contributed by atoms with Gasteiger partial charge in [0.1, 0.15) is 5.76 Å². The van der Waals surface area contributed by atoms with E-state index in [9.17, 15) is 14.9 Å². The number of nitrogens with zero attached hydrogens (tertiary/aromatic N) is 1. The zero-order valence-corrected chi connectivity index (χ0v) is 17.1. The lowest BCUT2D eigenvalue weighted by Crippen LogP contribution is -2.24. The summed E-state index contributed by atoms with van der Waals surface area (Å²) in [5.41, 5.74) is 4.13. The van der Waals surface area contributed by atoms with Crippen LogP contribution in [0.4, 0.5) is 5.69 Å². The molecule has 7 nitrogen and oxygen atoms in total. The molecule has 4 rings (SSSR count). The molecule has 0 aliphatic heterocycles. The molecule has 158 valence electrons. The van der Waals surface area contributed by atoms with E-state index in [0.717, 1.165) is 28.5 Å². The van der Waals surface area contributed by atoms with Crippen molar-refractivity contribution in [1.29, 1.82) is 0 Å². The molecule has 0 radical (unpaired) electrons. The minimum absolute atomic E-state index is 0.0250. The molecule has 0 aliphatic rings. The number of benzene rings is 2. The van der Waals surface area contributed by atoms with Crippen LogP contribution in [0.25, 0.3) is 10.9 Å². The van der Waals surface area contributed by atoms with E-state index in [4.69, 9.17) is 4.42 Å². The van der Waals surface area contributed by atoms with Crippen molar-refractivity contribution in [1.82, 2.24) is 10.3 Å². The van der Waals surface area contributed by atoms with Gasteiger partial charge in [-0.25, -0.2) is 0 Å². The highest BCUT2D eigenvalue weighted by atomic mass is 16.6. The van der Waals surface area contributed by atoms with E-state index in [1.165, 1.54) is 17.7 Å². The van der Waals surface area contributed by atoms with Crippen molar-refractivity contribution in [3.63, 3.8) is 0 Å². The van der Waals surface area contributed by atoms with E-state index in [1.54, 1.807) is 30.5 Å². The minimum atomic E-state index is -0.423. The number of hydrogen-bond acceptors (Lipinski definition) is 4. The first-order valence-electron chi connectivity index (χ1n) is 10.2. The Bertz CT molecular complexity index is 1190. The van der Waals surface area contributed by atoms with Gasteiger partial charge in [-0.15, -0.1) is 0 Å². The highest BCUT2D eigenvalue weighted by Gasteiger charge is 2.23. The lowest BCUT2D eigenvalue weighted by atomic mass is 9.87. The Labute approximate surface area is 179 Å². The third-order valence-corrected chi connectivity index (χ3v) is 5.53. The molecule has 4 aromatic rings. The van der Waals surface area contributed by atoms with E-state index in [0.29, 0.717) is 12.3 Å². The largest absolute Gasteiger partial charge is 0.467 e. The number of nitrogens with one attached hydrogen (secondary N) is 2. The van der Waals surface area contributed by atoms with E-state index in [1.807, 2.05) is 18.3 Å². The van der Waals surface area contributed by atoms with Crippen LogP contribution in [0.1, 0.15) is 41.7 Å². The number of para-hydroxylation sites is 1. The fourth-order valence-electron chi connectivity index (χ4n) is 3.91. The van der Waals surface area contributed by atoms with Crippen LogP contribution in [0, 0.1) is 10.1 Å². The molecule has 7 heteroatoms. The number of amides is 1. The molecular weight excluding hydrogens is 394 g/mol. The summed E-state index contributed by atoms with van der Waals surface area (Å²) in [7, 11) is 0. The van der Waals surface area contributed by atoms with Crippen LogP contribution >= 0.6 is 0 Å². The summed E-state index contributed by atoms with van der Waals surface area (Å²) >= 11 is 0. The predicted molar refractivity (Wildman–Crippen MR) is 118 cm³/mol. The third-order valence-electron chi connectivity index (χ3n) is 5.53. The molecule has 2 aromatic carbocycles. The van der Waals surface area contributed by atoms with Gasteiger partial charge in [-0.3, -0.25) is 14.9 Å². The zero-order valence-electron chi connectivity index (χ0n) is 17.1. The van der Waals surface area contributed by atoms with E-state index < -0.39 is 4.92 Å². The van der Waals surface area contributed by atoms with Gasteiger partial charge < -0.3 is 14.7 Å². The van der Waals surface area contributed by atoms with Crippen molar-refractivity contribution in [2.75, 3.05) is 0 Å². The van der Waals surface area contributed by atoms with Gasteiger partial charge in [0.25, 0.3) is 5.69 Å². The molecule has 0 unspecified atom stereocenters. The Morgan fingerprint density at radius 3 is 2.65 bits per heavy atom. The van der Waals surface area contributed by atoms with Crippen molar-refractivity contribution in [3.05, 3.63) is 99.6 Å². The quantitative estimate of drug-likeness (QED) is 0.309. The highest BCUT2D eigenvalue weighted by molar-refractivity contribution is 5.88. The van der Waals surface area contributed by atoms with Gasteiger partial charge in [0, 0.05) is 41.6 Å². The monoisotopic (exact) mass is 417 g/mol. The number of non-ortho nitro benzene ring substituents is 1. The predicted octanol–water partition coefficient (Wildman–Crippen LogP) is 5.07. The van der Waals surface area contributed by atoms with Crippen molar-refractivity contribution >= 4 is 22.5 Å². The molecule has 2 aromatic heterocycles. The molecule has 2 N–H and O–H groups in total. The molecule has 0 fully saturated rings. The van der Waals surface area contributed by atoms with Crippen LogP contribution < -0.4 is 5.32 Å². The molecule has 0 saturated carbocycles.